The molecule has 0 bridgehead atoms. The monoisotopic (exact) mass is 550 g/mol. The number of halogens is 2. The highest BCUT2D eigenvalue weighted by Crippen LogP contribution is 2.38. The molecule has 1 N–H and O–H groups in total. The largest absolute Gasteiger partial charge is 0.508 e. The van der Waals surface area contributed by atoms with Gasteiger partial charge in [0.05, 0.1) is 5.02 Å². The summed E-state index contributed by atoms with van der Waals surface area (Å²) in [6.45, 7) is 6.90. The lowest BCUT2D eigenvalue weighted by Gasteiger charge is -2.45. The number of fused-ring (bicyclic) bond motifs is 1. The number of aryl methyl sites for hydroxylation is 1. The maximum Gasteiger partial charge on any atom is 0.228 e. The molecule has 9 heteroatoms. The van der Waals surface area contributed by atoms with Gasteiger partial charge in [0.1, 0.15) is 17.1 Å². The van der Waals surface area contributed by atoms with Gasteiger partial charge in [-0.2, -0.15) is 4.98 Å². The smallest absolute Gasteiger partial charge is 0.228 e. The van der Waals surface area contributed by atoms with Crippen molar-refractivity contribution in [3.8, 4) is 0 Å². The van der Waals surface area contributed by atoms with Crippen LogP contribution in [0.15, 0.2) is 42.2 Å². The number of benzene rings is 2. The second-order valence-corrected chi connectivity index (χ2v) is 11.5. The molecule has 2 aliphatic heterocycles. The fourth-order valence-corrected chi connectivity index (χ4v) is 5.40. The van der Waals surface area contributed by atoms with E-state index in [0.717, 1.165) is 37.3 Å². The number of aliphatic hydroxyl groups excluding tert-OH is 1. The van der Waals surface area contributed by atoms with Crippen LogP contribution in [0.1, 0.15) is 23.6 Å². The number of anilines is 2. The third kappa shape index (κ3) is 5.33. The lowest BCUT2D eigenvalue weighted by atomic mass is 10.0. The zero-order chi connectivity index (χ0) is 28.0. The Hall–Kier alpha value is -3.20. The SMILES string of the molecule is C/C(=C\C(O)=C/c1ccccc1C)c1c(Cl)cc2c(N3CC(N(C)C)C3)nc(N3CC(N(C)C)C3)nc2c1F. The number of likely N-dealkylation sites (N-methyl/N-ethyl adjacent to an activating group) is 2. The average Bonchev–Trinajstić information content (AvgIpc) is 2.78. The minimum atomic E-state index is -0.505. The Morgan fingerprint density at radius 1 is 1.03 bits per heavy atom. The molecule has 0 spiro atoms. The van der Waals surface area contributed by atoms with Crippen molar-refractivity contribution >= 4 is 45.9 Å². The Bertz CT molecular complexity index is 1460. The highest BCUT2D eigenvalue weighted by Gasteiger charge is 2.35. The Balaban J connectivity index is 1.57. The van der Waals surface area contributed by atoms with Crippen molar-refractivity contribution in [1.82, 2.24) is 19.8 Å². The first kappa shape index (κ1) is 27.4. The summed E-state index contributed by atoms with van der Waals surface area (Å²) in [5.41, 5.74) is 2.91. The summed E-state index contributed by atoms with van der Waals surface area (Å²) in [6, 6.07) is 10.3. The molecule has 5 rings (SSSR count). The minimum Gasteiger partial charge on any atom is -0.508 e. The maximum absolute atomic E-state index is 16.3. The van der Waals surface area contributed by atoms with E-state index in [4.69, 9.17) is 21.6 Å². The van der Waals surface area contributed by atoms with Gasteiger partial charge in [0.2, 0.25) is 5.95 Å². The van der Waals surface area contributed by atoms with E-state index in [9.17, 15) is 5.11 Å². The molecule has 3 aromatic rings. The molecule has 2 aliphatic rings. The molecule has 0 aliphatic carbocycles. The van der Waals surface area contributed by atoms with Crippen molar-refractivity contribution in [2.24, 2.45) is 0 Å². The standard InChI is InChI=1S/C30H36ClFN6O/c1-18-9-7-8-10-20(18)12-23(39)11-19(2)26-25(31)13-24-28(27(26)32)33-30(38-16-22(17-38)36(5)6)34-29(24)37-14-21(15-37)35(3)4/h7-13,21-22,39H,14-17H2,1-6H3/b19-11+,23-12+. The van der Waals surface area contributed by atoms with Crippen molar-refractivity contribution in [3.63, 3.8) is 0 Å². The van der Waals surface area contributed by atoms with E-state index >= 15 is 4.39 Å². The lowest BCUT2D eigenvalue weighted by molar-refractivity contribution is 0.243. The minimum absolute atomic E-state index is 0.0204. The summed E-state index contributed by atoms with van der Waals surface area (Å²) in [4.78, 5) is 18.2. The molecule has 2 saturated heterocycles. The zero-order valence-electron chi connectivity index (χ0n) is 23.4. The number of hydrogen-bond acceptors (Lipinski definition) is 7. The number of hydrogen-bond donors (Lipinski definition) is 1. The van der Waals surface area contributed by atoms with Crippen LogP contribution in [0.2, 0.25) is 5.02 Å². The number of aliphatic hydroxyl groups is 1. The zero-order valence-corrected chi connectivity index (χ0v) is 24.2. The average molecular weight is 551 g/mol. The van der Waals surface area contributed by atoms with Crippen LogP contribution in [0, 0.1) is 12.7 Å². The van der Waals surface area contributed by atoms with Crippen LogP contribution in [-0.2, 0) is 0 Å². The molecule has 39 heavy (non-hydrogen) atoms. The van der Waals surface area contributed by atoms with E-state index in [1.54, 1.807) is 25.1 Å². The molecule has 0 atom stereocenters. The molecule has 2 fully saturated rings. The Kier molecular flexibility index (Phi) is 7.55. The Morgan fingerprint density at radius 3 is 2.26 bits per heavy atom. The third-order valence-corrected chi connectivity index (χ3v) is 8.17. The van der Waals surface area contributed by atoms with Gasteiger partial charge in [-0.1, -0.05) is 35.9 Å². The Morgan fingerprint density at radius 2 is 1.64 bits per heavy atom. The van der Waals surface area contributed by atoms with Crippen LogP contribution in [0.3, 0.4) is 0 Å². The van der Waals surface area contributed by atoms with E-state index < -0.39 is 5.82 Å². The van der Waals surface area contributed by atoms with Gasteiger partial charge in [-0.25, -0.2) is 9.37 Å². The van der Waals surface area contributed by atoms with Crippen molar-refractivity contribution in [1.29, 1.82) is 0 Å². The van der Waals surface area contributed by atoms with Crippen LogP contribution in [0.4, 0.5) is 16.2 Å². The highest BCUT2D eigenvalue weighted by molar-refractivity contribution is 6.33. The van der Waals surface area contributed by atoms with E-state index in [0.29, 0.717) is 34.8 Å². The van der Waals surface area contributed by atoms with Crippen LogP contribution < -0.4 is 9.80 Å². The highest BCUT2D eigenvalue weighted by atomic mass is 35.5. The molecule has 206 valence electrons. The fourth-order valence-electron chi connectivity index (χ4n) is 5.06. The van der Waals surface area contributed by atoms with Gasteiger partial charge in [0.25, 0.3) is 0 Å². The summed E-state index contributed by atoms with van der Waals surface area (Å²) in [5, 5.41) is 11.5. The molecule has 0 unspecified atom stereocenters. The molecular weight excluding hydrogens is 515 g/mol. The van der Waals surface area contributed by atoms with Gasteiger partial charge < -0.3 is 24.7 Å². The Labute approximate surface area is 234 Å². The van der Waals surface area contributed by atoms with Crippen molar-refractivity contribution < 1.29 is 9.50 Å². The van der Waals surface area contributed by atoms with Gasteiger partial charge in [0, 0.05) is 49.2 Å². The van der Waals surface area contributed by atoms with Gasteiger partial charge in [0.15, 0.2) is 5.82 Å². The van der Waals surface area contributed by atoms with Crippen molar-refractivity contribution in [2.75, 3.05) is 64.2 Å². The van der Waals surface area contributed by atoms with Gasteiger partial charge in [-0.15, -0.1) is 0 Å². The normalized spacial score (nSPS) is 17.4. The van der Waals surface area contributed by atoms with E-state index in [-0.39, 0.29) is 21.9 Å². The topological polar surface area (TPSA) is 59.0 Å². The van der Waals surface area contributed by atoms with Gasteiger partial charge in [-0.05, 0) is 77.0 Å². The molecule has 2 aromatic carbocycles. The van der Waals surface area contributed by atoms with Gasteiger partial charge >= 0.3 is 0 Å². The molecule has 0 amide bonds. The molecule has 7 nitrogen and oxygen atoms in total. The molecule has 3 heterocycles. The lowest BCUT2D eigenvalue weighted by Crippen LogP contribution is -2.59. The van der Waals surface area contributed by atoms with Gasteiger partial charge in [-0.3, -0.25) is 0 Å². The molecule has 1 aromatic heterocycles. The first-order valence-electron chi connectivity index (χ1n) is 13.2. The van der Waals surface area contributed by atoms with Crippen molar-refractivity contribution in [2.45, 2.75) is 25.9 Å². The van der Waals surface area contributed by atoms with E-state index in [1.807, 2.05) is 31.2 Å². The first-order valence-corrected chi connectivity index (χ1v) is 13.6. The van der Waals surface area contributed by atoms with Crippen molar-refractivity contribution in [3.05, 3.63) is 69.7 Å². The maximum atomic E-state index is 16.3. The summed E-state index contributed by atoms with van der Waals surface area (Å²) >= 11 is 6.70. The number of rotatable bonds is 7. The van der Waals surface area contributed by atoms with Crippen LogP contribution >= 0.6 is 11.6 Å². The molecule has 0 saturated carbocycles. The summed E-state index contributed by atoms with van der Waals surface area (Å²) in [7, 11) is 8.24. The van der Waals surface area contributed by atoms with E-state index in [2.05, 4.69) is 47.8 Å². The predicted octanol–water partition coefficient (Wildman–Crippen LogP) is 5.23. The third-order valence-electron chi connectivity index (χ3n) is 7.87. The van der Waals surface area contributed by atoms with Crippen LogP contribution in [0.5, 0.6) is 0 Å². The molecular formula is C30H36ClFN6O. The summed E-state index contributed by atoms with van der Waals surface area (Å²) < 4.78 is 16.3. The number of nitrogens with zero attached hydrogens (tertiary/aromatic N) is 6. The van der Waals surface area contributed by atoms with E-state index in [1.165, 1.54) is 0 Å². The van der Waals surface area contributed by atoms with Crippen LogP contribution in [0.25, 0.3) is 22.6 Å². The van der Waals surface area contributed by atoms with Crippen LogP contribution in [-0.4, -0.2) is 91.3 Å². The molecule has 0 radical (unpaired) electrons. The fraction of sp³-hybridized carbons (Fsp3) is 0.400. The number of allylic oxidation sites excluding steroid dienone is 2. The quantitative estimate of drug-likeness (QED) is 0.319. The summed E-state index contributed by atoms with van der Waals surface area (Å²) in [6.07, 6.45) is 3.21. The number of aromatic nitrogens is 2. The first-order chi connectivity index (χ1) is 18.5. The predicted molar refractivity (Wildman–Crippen MR) is 159 cm³/mol. The summed E-state index contributed by atoms with van der Waals surface area (Å²) in [5.74, 6) is 0.749. The second-order valence-electron chi connectivity index (χ2n) is 11.1. The second kappa shape index (κ2) is 10.8.